The second kappa shape index (κ2) is 9.99. The number of aliphatic carboxylic acids is 2. The molecule has 1 amide bonds. The molecule has 13 nitrogen and oxygen atoms in total. The molecular formula is C20H24N8O5. The Balaban J connectivity index is 1.60. The number of carboxylic acids is 2. The topological polar surface area (TPSA) is 211 Å². The molecule has 2 atom stereocenters. The summed E-state index contributed by atoms with van der Waals surface area (Å²) in [4.78, 5) is 53.0. The quantitative estimate of drug-likeness (QED) is 0.329. The Morgan fingerprint density at radius 1 is 1.24 bits per heavy atom. The predicted octanol–water partition coefficient (Wildman–Crippen LogP) is -0.295. The lowest BCUT2D eigenvalue weighted by Gasteiger charge is -2.26. The number of hydrogen-bond donors (Lipinski definition) is 5. The minimum Gasteiger partial charge on any atom is -0.481 e. The third-order valence-electron chi connectivity index (χ3n) is 5.07. The molecule has 0 saturated carbocycles. The maximum atomic E-state index is 12.4. The Hall–Kier alpha value is -4.13. The van der Waals surface area contributed by atoms with Crippen LogP contribution in [0.5, 0.6) is 0 Å². The lowest BCUT2D eigenvalue weighted by Crippen LogP contribution is -2.42. The van der Waals surface area contributed by atoms with E-state index in [4.69, 9.17) is 16.6 Å². The molecule has 0 saturated heterocycles. The molecule has 1 aliphatic carbocycles. The van der Waals surface area contributed by atoms with Gasteiger partial charge < -0.3 is 27.0 Å². The second-order valence-electron chi connectivity index (χ2n) is 7.53. The van der Waals surface area contributed by atoms with Crippen molar-refractivity contribution in [1.29, 1.82) is 0 Å². The number of likely N-dealkylation sites (N-methyl/N-ethyl adjacent to an activating group) is 1. The van der Waals surface area contributed by atoms with Crippen molar-refractivity contribution in [2.45, 2.75) is 37.9 Å². The normalized spacial score (nSPS) is 16.4. The lowest BCUT2D eigenvalue weighted by atomic mass is 10.0. The molecule has 0 spiro atoms. The van der Waals surface area contributed by atoms with Crippen molar-refractivity contribution < 1.29 is 24.6 Å². The van der Waals surface area contributed by atoms with Crippen LogP contribution in [0.3, 0.4) is 0 Å². The summed E-state index contributed by atoms with van der Waals surface area (Å²) in [6.45, 7) is 0.438. The lowest BCUT2D eigenvalue weighted by molar-refractivity contribution is -0.142. The SMILES string of the molecule is CN(Cc1cnc2nc(N)nc(N)c2n1)C1C=CC(C(=O)NC(CCC(=O)O)C(=O)O)=CC1. The molecule has 0 aliphatic heterocycles. The summed E-state index contributed by atoms with van der Waals surface area (Å²) in [5, 5.41) is 20.3. The number of anilines is 2. The number of carbonyl (C=O) groups is 3. The molecule has 33 heavy (non-hydrogen) atoms. The van der Waals surface area contributed by atoms with Gasteiger partial charge in [0.15, 0.2) is 17.0 Å². The van der Waals surface area contributed by atoms with Gasteiger partial charge in [-0.25, -0.2) is 14.8 Å². The molecule has 2 heterocycles. The van der Waals surface area contributed by atoms with Crippen molar-refractivity contribution in [2.24, 2.45) is 0 Å². The average Bonchev–Trinajstić information content (AvgIpc) is 2.76. The van der Waals surface area contributed by atoms with Crippen molar-refractivity contribution in [3.8, 4) is 0 Å². The molecule has 13 heteroatoms. The van der Waals surface area contributed by atoms with Gasteiger partial charge in [0.05, 0.1) is 11.9 Å². The Kier molecular flexibility index (Phi) is 7.13. The second-order valence-corrected chi connectivity index (χ2v) is 7.53. The minimum absolute atomic E-state index is 0.0229. The van der Waals surface area contributed by atoms with Crippen LogP contribution in [0.1, 0.15) is 25.0 Å². The standard InChI is InChI=1S/C20H24N8O5/c1-28(9-11-8-23-17-15(24-11)16(21)26-20(22)27-17)12-4-2-10(3-5-12)18(31)25-13(19(32)33)6-7-14(29)30/h2-4,8,12-13H,5-7,9H2,1H3,(H,25,31)(H,29,30)(H,32,33)(H4,21,22,23,26,27). The monoisotopic (exact) mass is 456 g/mol. The summed E-state index contributed by atoms with van der Waals surface area (Å²) >= 11 is 0. The largest absolute Gasteiger partial charge is 0.481 e. The third kappa shape index (κ3) is 5.98. The summed E-state index contributed by atoms with van der Waals surface area (Å²) in [5.41, 5.74) is 13.1. The number of nitrogens with two attached hydrogens (primary N) is 2. The summed E-state index contributed by atoms with van der Waals surface area (Å²) in [5.74, 6) is -2.81. The first-order valence-corrected chi connectivity index (χ1v) is 10.0. The van der Waals surface area contributed by atoms with Crippen molar-refractivity contribution in [1.82, 2.24) is 30.2 Å². The zero-order chi connectivity index (χ0) is 24.1. The Morgan fingerprint density at radius 3 is 2.64 bits per heavy atom. The van der Waals surface area contributed by atoms with Crippen LogP contribution < -0.4 is 16.8 Å². The smallest absolute Gasteiger partial charge is 0.326 e. The van der Waals surface area contributed by atoms with Gasteiger partial charge >= 0.3 is 11.9 Å². The fourth-order valence-electron chi connectivity index (χ4n) is 3.30. The molecule has 3 rings (SSSR count). The van der Waals surface area contributed by atoms with E-state index in [1.165, 1.54) is 0 Å². The fraction of sp³-hybridized carbons (Fsp3) is 0.350. The zero-order valence-electron chi connectivity index (χ0n) is 17.8. The van der Waals surface area contributed by atoms with Gasteiger partial charge in [-0.2, -0.15) is 9.97 Å². The number of hydrogen-bond acceptors (Lipinski definition) is 10. The van der Waals surface area contributed by atoms with Crippen LogP contribution in [-0.2, 0) is 20.9 Å². The number of aromatic nitrogens is 4. The first-order valence-electron chi connectivity index (χ1n) is 10.0. The molecule has 2 aromatic rings. The summed E-state index contributed by atoms with van der Waals surface area (Å²) < 4.78 is 0. The van der Waals surface area contributed by atoms with Gasteiger partial charge in [0.1, 0.15) is 6.04 Å². The molecule has 7 N–H and O–H groups in total. The van der Waals surface area contributed by atoms with E-state index >= 15 is 0 Å². The number of rotatable bonds is 9. The van der Waals surface area contributed by atoms with E-state index < -0.39 is 23.9 Å². The highest BCUT2D eigenvalue weighted by molar-refractivity contribution is 5.98. The maximum Gasteiger partial charge on any atom is 0.326 e. The van der Waals surface area contributed by atoms with Crippen molar-refractivity contribution in [3.05, 3.63) is 35.7 Å². The summed E-state index contributed by atoms with van der Waals surface area (Å²) in [7, 11) is 1.88. The van der Waals surface area contributed by atoms with Crippen LogP contribution in [-0.4, -0.2) is 72.0 Å². The van der Waals surface area contributed by atoms with Gasteiger partial charge in [0.25, 0.3) is 5.91 Å². The van der Waals surface area contributed by atoms with Gasteiger partial charge in [-0.15, -0.1) is 0 Å². The number of nitrogens with one attached hydrogen (secondary N) is 1. The molecule has 0 radical (unpaired) electrons. The number of nitrogens with zero attached hydrogens (tertiary/aromatic N) is 5. The molecule has 1 aliphatic rings. The van der Waals surface area contributed by atoms with E-state index in [0.717, 1.165) is 0 Å². The van der Waals surface area contributed by atoms with E-state index in [9.17, 15) is 19.5 Å². The van der Waals surface area contributed by atoms with E-state index in [2.05, 4.69) is 25.3 Å². The van der Waals surface area contributed by atoms with Gasteiger partial charge in [-0.05, 0) is 19.9 Å². The molecule has 0 fully saturated rings. The third-order valence-corrected chi connectivity index (χ3v) is 5.07. The first kappa shape index (κ1) is 23.5. The summed E-state index contributed by atoms with van der Waals surface area (Å²) in [6.07, 6.45) is 6.66. The van der Waals surface area contributed by atoms with Crippen LogP contribution in [0, 0.1) is 0 Å². The van der Waals surface area contributed by atoms with E-state index in [1.807, 2.05) is 18.0 Å². The van der Waals surface area contributed by atoms with E-state index in [1.54, 1.807) is 18.3 Å². The van der Waals surface area contributed by atoms with Gasteiger partial charge in [-0.3, -0.25) is 14.5 Å². The van der Waals surface area contributed by atoms with Gasteiger partial charge in [0.2, 0.25) is 5.95 Å². The highest BCUT2D eigenvalue weighted by Gasteiger charge is 2.24. The van der Waals surface area contributed by atoms with Crippen molar-refractivity contribution in [3.63, 3.8) is 0 Å². The molecule has 2 aromatic heterocycles. The molecule has 0 bridgehead atoms. The number of carbonyl (C=O) groups excluding carboxylic acids is 1. The first-order chi connectivity index (χ1) is 15.6. The molecule has 0 aromatic carbocycles. The minimum atomic E-state index is -1.28. The average molecular weight is 456 g/mol. The highest BCUT2D eigenvalue weighted by Crippen LogP contribution is 2.19. The Morgan fingerprint density at radius 2 is 2.00 bits per heavy atom. The molecule has 2 unspecified atom stereocenters. The molecule has 174 valence electrons. The van der Waals surface area contributed by atoms with Crippen LogP contribution in [0.25, 0.3) is 11.2 Å². The highest BCUT2D eigenvalue weighted by atomic mass is 16.4. The zero-order valence-corrected chi connectivity index (χ0v) is 17.8. The van der Waals surface area contributed by atoms with Crippen LogP contribution in [0.15, 0.2) is 30.0 Å². The van der Waals surface area contributed by atoms with Crippen LogP contribution in [0.2, 0.25) is 0 Å². The van der Waals surface area contributed by atoms with E-state index in [-0.39, 0.29) is 30.6 Å². The van der Waals surface area contributed by atoms with Gasteiger partial charge in [0, 0.05) is 24.6 Å². The Bertz CT molecular complexity index is 1150. The Labute approximate surface area is 188 Å². The van der Waals surface area contributed by atoms with E-state index in [0.29, 0.717) is 35.4 Å². The predicted molar refractivity (Wildman–Crippen MR) is 117 cm³/mol. The van der Waals surface area contributed by atoms with Gasteiger partial charge in [-0.1, -0.05) is 18.2 Å². The number of nitrogen functional groups attached to an aromatic ring is 2. The number of amides is 1. The number of fused-ring (bicyclic) bond motifs is 1. The van der Waals surface area contributed by atoms with Crippen molar-refractivity contribution in [2.75, 3.05) is 18.5 Å². The number of carboxylic acid groups (broad SMARTS) is 2. The molecular weight excluding hydrogens is 432 g/mol. The van der Waals surface area contributed by atoms with Crippen molar-refractivity contribution >= 4 is 40.8 Å². The van der Waals surface area contributed by atoms with Crippen LogP contribution >= 0.6 is 0 Å². The fourth-order valence-corrected chi connectivity index (χ4v) is 3.30. The summed E-state index contributed by atoms with van der Waals surface area (Å²) in [6, 6.07) is -1.32. The maximum absolute atomic E-state index is 12.4. The van der Waals surface area contributed by atoms with Crippen LogP contribution in [0.4, 0.5) is 11.8 Å².